The van der Waals surface area contributed by atoms with E-state index in [1.807, 2.05) is 4.90 Å². The van der Waals surface area contributed by atoms with Gasteiger partial charge in [-0.25, -0.2) is 9.18 Å². The molecule has 1 N–H and O–H groups in total. The molecule has 5 rings (SSSR count). The standard InChI is InChI=1S/C22H27ClFN3O4/c23-17-9-14(24)1-4-19(17)30-11-13-7-15-2-3-16(8-13)27(15)22(29)26-6-5-20-18(10-26)25-21(28)12-31-20/h1,4,9,13,15-16,18,20H,2-3,5-8,10-12H2,(H,25,28)/t13?,15?,16?,18-,20+/m1/s1. The fourth-order valence-electron chi connectivity index (χ4n) is 5.57. The molecule has 1 aromatic carbocycles. The van der Waals surface area contributed by atoms with Crippen LogP contribution in [-0.2, 0) is 9.53 Å². The molecule has 0 spiro atoms. The highest BCUT2D eigenvalue weighted by Gasteiger charge is 2.46. The van der Waals surface area contributed by atoms with Crippen molar-refractivity contribution in [2.24, 2.45) is 5.92 Å². The molecule has 4 aliphatic heterocycles. The molecule has 4 saturated heterocycles. The minimum Gasteiger partial charge on any atom is -0.492 e. The van der Waals surface area contributed by atoms with Crippen molar-refractivity contribution in [3.63, 3.8) is 0 Å². The van der Waals surface area contributed by atoms with Crippen molar-refractivity contribution in [1.29, 1.82) is 0 Å². The van der Waals surface area contributed by atoms with Crippen LogP contribution in [0.25, 0.3) is 0 Å². The number of benzene rings is 1. The second-order valence-electron chi connectivity index (χ2n) is 9.06. The Balaban J connectivity index is 1.18. The molecule has 3 amide bonds. The zero-order chi connectivity index (χ0) is 21.5. The summed E-state index contributed by atoms with van der Waals surface area (Å²) in [6.45, 7) is 1.78. The Morgan fingerprint density at radius 1 is 1.26 bits per heavy atom. The van der Waals surface area contributed by atoms with E-state index in [-0.39, 0.29) is 53.6 Å². The number of morpholine rings is 1. The van der Waals surface area contributed by atoms with Gasteiger partial charge >= 0.3 is 6.03 Å². The molecule has 31 heavy (non-hydrogen) atoms. The van der Waals surface area contributed by atoms with Crippen molar-refractivity contribution in [1.82, 2.24) is 15.1 Å². The second kappa shape index (κ2) is 8.47. The number of hydrogen-bond acceptors (Lipinski definition) is 4. The number of halogens is 2. The lowest BCUT2D eigenvalue weighted by atomic mass is 9.91. The minimum absolute atomic E-state index is 0.000331. The van der Waals surface area contributed by atoms with E-state index in [9.17, 15) is 14.0 Å². The van der Waals surface area contributed by atoms with Crippen molar-refractivity contribution in [3.05, 3.63) is 29.0 Å². The third-order valence-corrected chi connectivity index (χ3v) is 7.31. The maximum absolute atomic E-state index is 13.3. The van der Waals surface area contributed by atoms with E-state index < -0.39 is 0 Å². The Kier molecular flexibility index (Phi) is 5.69. The van der Waals surface area contributed by atoms with Crippen molar-refractivity contribution in [2.75, 3.05) is 26.3 Å². The van der Waals surface area contributed by atoms with Gasteiger partial charge in [-0.15, -0.1) is 0 Å². The topological polar surface area (TPSA) is 71.1 Å². The summed E-state index contributed by atoms with van der Waals surface area (Å²) < 4.78 is 24.7. The van der Waals surface area contributed by atoms with Gasteiger partial charge in [-0.1, -0.05) is 11.6 Å². The van der Waals surface area contributed by atoms with E-state index in [0.717, 1.165) is 32.1 Å². The Labute approximate surface area is 185 Å². The molecule has 4 heterocycles. The molecule has 4 fully saturated rings. The summed E-state index contributed by atoms with van der Waals surface area (Å²) in [5.74, 6) is 0.330. The van der Waals surface area contributed by atoms with Crippen molar-refractivity contribution >= 4 is 23.5 Å². The summed E-state index contributed by atoms with van der Waals surface area (Å²) in [6.07, 6.45) is 4.53. The predicted octanol–water partition coefficient (Wildman–Crippen LogP) is 2.81. The Morgan fingerprint density at radius 3 is 2.77 bits per heavy atom. The smallest absolute Gasteiger partial charge is 0.320 e. The number of hydrogen-bond donors (Lipinski definition) is 1. The van der Waals surface area contributed by atoms with Gasteiger partial charge < -0.3 is 24.6 Å². The number of likely N-dealkylation sites (tertiary alicyclic amines) is 1. The number of amides is 3. The van der Waals surface area contributed by atoms with E-state index >= 15 is 0 Å². The van der Waals surface area contributed by atoms with Crippen LogP contribution < -0.4 is 10.1 Å². The minimum atomic E-state index is -0.384. The lowest BCUT2D eigenvalue weighted by Gasteiger charge is -2.45. The van der Waals surface area contributed by atoms with Crippen molar-refractivity contribution in [3.8, 4) is 5.75 Å². The average molecular weight is 452 g/mol. The number of fused-ring (bicyclic) bond motifs is 3. The number of piperidine rings is 2. The highest BCUT2D eigenvalue weighted by Crippen LogP contribution is 2.40. The van der Waals surface area contributed by atoms with Crippen LogP contribution in [0.4, 0.5) is 9.18 Å². The molecule has 0 aliphatic carbocycles. The number of urea groups is 1. The van der Waals surface area contributed by atoms with Crippen LogP contribution in [0.15, 0.2) is 18.2 Å². The fraction of sp³-hybridized carbons (Fsp3) is 0.636. The summed E-state index contributed by atoms with van der Waals surface area (Å²) in [6, 6.07) is 4.52. The third kappa shape index (κ3) is 4.20. The average Bonchev–Trinajstić information content (AvgIpc) is 3.02. The molecular weight excluding hydrogens is 425 g/mol. The van der Waals surface area contributed by atoms with Crippen molar-refractivity contribution < 1.29 is 23.5 Å². The van der Waals surface area contributed by atoms with E-state index in [0.29, 0.717) is 31.4 Å². The highest BCUT2D eigenvalue weighted by atomic mass is 35.5. The molecule has 0 saturated carbocycles. The maximum atomic E-state index is 13.3. The molecule has 4 atom stereocenters. The van der Waals surface area contributed by atoms with Gasteiger partial charge in [0, 0.05) is 25.2 Å². The van der Waals surface area contributed by atoms with Crippen LogP contribution in [-0.4, -0.2) is 72.3 Å². The van der Waals surface area contributed by atoms with Gasteiger partial charge in [-0.3, -0.25) is 4.79 Å². The second-order valence-corrected chi connectivity index (χ2v) is 9.46. The van der Waals surface area contributed by atoms with Gasteiger partial charge in [0.15, 0.2) is 0 Å². The number of carbonyl (C=O) groups is 2. The first kappa shape index (κ1) is 20.8. The van der Waals surface area contributed by atoms with Gasteiger partial charge in [0.05, 0.1) is 23.8 Å². The van der Waals surface area contributed by atoms with Gasteiger partial charge in [-0.2, -0.15) is 0 Å². The van der Waals surface area contributed by atoms with Gasteiger partial charge in [0.1, 0.15) is 18.2 Å². The number of ether oxygens (including phenoxy) is 2. The maximum Gasteiger partial charge on any atom is 0.320 e. The molecule has 1 aromatic rings. The molecule has 0 radical (unpaired) electrons. The van der Waals surface area contributed by atoms with Crippen LogP contribution in [0, 0.1) is 11.7 Å². The first-order valence-corrected chi connectivity index (χ1v) is 11.4. The van der Waals surface area contributed by atoms with Crippen LogP contribution in [0.5, 0.6) is 5.75 Å². The first-order chi connectivity index (χ1) is 15.0. The fourth-order valence-corrected chi connectivity index (χ4v) is 5.80. The SMILES string of the molecule is O=C1CO[C@H]2CCN(C(=O)N3C4CCC3CC(COc3ccc(F)cc3Cl)C4)C[C@H]2N1. The van der Waals surface area contributed by atoms with E-state index in [1.54, 1.807) is 6.07 Å². The van der Waals surface area contributed by atoms with E-state index in [2.05, 4.69) is 10.2 Å². The number of nitrogens with zero attached hydrogens (tertiary/aromatic N) is 2. The zero-order valence-electron chi connectivity index (χ0n) is 17.3. The molecule has 0 aromatic heterocycles. The Hall–Kier alpha value is -2.06. The highest BCUT2D eigenvalue weighted by molar-refractivity contribution is 6.32. The Morgan fingerprint density at radius 2 is 2.03 bits per heavy atom. The molecule has 7 nitrogen and oxygen atoms in total. The van der Waals surface area contributed by atoms with Gasteiger partial charge in [-0.05, 0) is 56.2 Å². The lowest BCUT2D eigenvalue weighted by Crippen LogP contribution is -2.63. The number of nitrogens with one attached hydrogen (secondary N) is 1. The number of rotatable bonds is 3. The van der Waals surface area contributed by atoms with E-state index in [1.165, 1.54) is 12.1 Å². The van der Waals surface area contributed by atoms with Crippen LogP contribution in [0.1, 0.15) is 32.1 Å². The summed E-state index contributed by atoms with van der Waals surface area (Å²) in [4.78, 5) is 28.9. The largest absolute Gasteiger partial charge is 0.492 e. The molecule has 168 valence electrons. The summed E-state index contributed by atoms with van der Waals surface area (Å²) in [5.41, 5.74) is 0. The first-order valence-electron chi connectivity index (χ1n) is 11.0. The third-order valence-electron chi connectivity index (χ3n) is 7.01. The van der Waals surface area contributed by atoms with Gasteiger partial charge in [0.2, 0.25) is 5.91 Å². The normalized spacial score (nSPS) is 32.5. The summed E-state index contributed by atoms with van der Waals surface area (Å²) in [7, 11) is 0. The Bertz CT molecular complexity index is 857. The predicted molar refractivity (Wildman–Crippen MR) is 112 cm³/mol. The lowest BCUT2D eigenvalue weighted by molar-refractivity contribution is -0.139. The summed E-state index contributed by atoms with van der Waals surface area (Å²) >= 11 is 6.07. The van der Waals surface area contributed by atoms with Gasteiger partial charge in [0.25, 0.3) is 0 Å². The number of carbonyl (C=O) groups excluding carboxylic acids is 2. The quantitative estimate of drug-likeness (QED) is 0.767. The van der Waals surface area contributed by atoms with Crippen LogP contribution >= 0.6 is 11.6 Å². The van der Waals surface area contributed by atoms with Crippen LogP contribution in [0.2, 0.25) is 5.02 Å². The molecule has 2 unspecified atom stereocenters. The monoisotopic (exact) mass is 451 g/mol. The van der Waals surface area contributed by atoms with E-state index in [4.69, 9.17) is 21.1 Å². The molecule has 4 aliphatic rings. The van der Waals surface area contributed by atoms with Crippen molar-refractivity contribution in [2.45, 2.75) is 56.3 Å². The molecule has 2 bridgehead atoms. The molecule has 9 heteroatoms. The van der Waals surface area contributed by atoms with Crippen LogP contribution in [0.3, 0.4) is 0 Å². The summed E-state index contributed by atoms with van der Waals surface area (Å²) in [5, 5.41) is 3.24. The molecular formula is C22H27ClFN3O4. The zero-order valence-corrected chi connectivity index (χ0v) is 18.0.